The molecule has 0 spiro atoms. The SMILES string of the molecule is CC1(C(=O)O)CCN(C(=O)CN2c3cccc4cccc(c34)S2(=O)=O)C1. The van der Waals surface area contributed by atoms with Crippen LogP contribution in [0.1, 0.15) is 13.3 Å². The lowest BCUT2D eigenvalue weighted by atomic mass is 9.90. The van der Waals surface area contributed by atoms with E-state index in [4.69, 9.17) is 0 Å². The van der Waals surface area contributed by atoms with E-state index in [0.717, 1.165) is 9.69 Å². The zero-order valence-corrected chi connectivity index (χ0v) is 15.0. The fourth-order valence-electron chi connectivity index (χ4n) is 3.70. The molecule has 0 aliphatic carbocycles. The number of rotatable bonds is 3. The second-order valence-electron chi connectivity index (χ2n) is 7.07. The van der Waals surface area contributed by atoms with Crippen LogP contribution in [0.4, 0.5) is 5.69 Å². The number of carboxylic acids is 1. The third-order valence-corrected chi connectivity index (χ3v) is 7.10. The minimum Gasteiger partial charge on any atom is -0.481 e. The number of carbonyl (C=O) groups excluding carboxylic acids is 1. The van der Waals surface area contributed by atoms with Crippen molar-refractivity contribution < 1.29 is 23.1 Å². The van der Waals surface area contributed by atoms with Crippen molar-refractivity contribution in [2.45, 2.75) is 18.2 Å². The first-order chi connectivity index (χ1) is 12.2. The van der Waals surface area contributed by atoms with Gasteiger partial charge in [-0.05, 0) is 30.9 Å². The van der Waals surface area contributed by atoms with Crippen LogP contribution in [0.5, 0.6) is 0 Å². The highest BCUT2D eigenvalue weighted by Crippen LogP contribution is 2.42. The number of sulfonamides is 1. The number of hydrogen-bond acceptors (Lipinski definition) is 4. The van der Waals surface area contributed by atoms with E-state index in [1.165, 1.54) is 4.90 Å². The normalized spacial score (nSPS) is 23.6. The molecule has 0 bridgehead atoms. The zero-order valence-electron chi connectivity index (χ0n) is 14.2. The number of hydrogen-bond donors (Lipinski definition) is 1. The summed E-state index contributed by atoms with van der Waals surface area (Å²) >= 11 is 0. The maximum Gasteiger partial charge on any atom is 0.311 e. The summed E-state index contributed by atoms with van der Waals surface area (Å²) in [5.41, 5.74) is -0.491. The molecule has 1 saturated heterocycles. The highest BCUT2D eigenvalue weighted by Gasteiger charge is 2.44. The molecule has 0 saturated carbocycles. The molecule has 2 heterocycles. The smallest absolute Gasteiger partial charge is 0.311 e. The van der Waals surface area contributed by atoms with Crippen LogP contribution in [0.2, 0.25) is 0 Å². The summed E-state index contributed by atoms with van der Waals surface area (Å²) in [6, 6.07) is 10.3. The summed E-state index contributed by atoms with van der Waals surface area (Å²) in [6.45, 7) is 1.68. The molecule has 1 N–H and O–H groups in total. The summed E-state index contributed by atoms with van der Waals surface area (Å²) in [6.07, 6.45) is 0.358. The molecule has 0 radical (unpaired) electrons. The summed E-state index contributed by atoms with van der Waals surface area (Å²) < 4.78 is 27.0. The van der Waals surface area contributed by atoms with E-state index in [9.17, 15) is 23.1 Å². The van der Waals surface area contributed by atoms with Gasteiger partial charge >= 0.3 is 5.97 Å². The number of aliphatic carboxylic acids is 1. The van der Waals surface area contributed by atoms with Gasteiger partial charge in [0.2, 0.25) is 5.91 Å². The second kappa shape index (κ2) is 5.44. The van der Waals surface area contributed by atoms with Crippen LogP contribution in [-0.2, 0) is 19.6 Å². The molecule has 8 heteroatoms. The van der Waals surface area contributed by atoms with Crippen molar-refractivity contribution in [1.29, 1.82) is 0 Å². The Bertz CT molecular complexity index is 1040. The van der Waals surface area contributed by atoms with Gasteiger partial charge in [-0.2, -0.15) is 0 Å². The Labute approximate surface area is 150 Å². The zero-order chi connectivity index (χ0) is 18.7. The van der Waals surface area contributed by atoms with E-state index < -0.39 is 21.4 Å². The molecule has 2 aliphatic rings. The standard InChI is InChI=1S/C18H18N2O5S/c1-18(17(22)23)8-9-19(11-18)15(21)10-20-13-6-2-4-12-5-3-7-14(16(12)13)26(20,24)25/h2-7H,8-11H2,1H3,(H,22,23). The first kappa shape index (κ1) is 16.8. The van der Waals surface area contributed by atoms with Crippen LogP contribution in [0, 0.1) is 5.41 Å². The Morgan fingerprint density at radius 3 is 2.54 bits per heavy atom. The molecule has 1 fully saturated rings. The first-order valence-electron chi connectivity index (χ1n) is 8.30. The average molecular weight is 374 g/mol. The summed E-state index contributed by atoms with van der Waals surface area (Å²) in [4.78, 5) is 25.7. The van der Waals surface area contributed by atoms with Gasteiger partial charge < -0.3 is 10.0 Å². The topological polar surface area (TPSA) is 95.0 Å². The summed E-state index contributed by atoms with van der Waals surface area (Å²) in [5, 5.41) is 10.7. The van der Waals surface area contributed by atoms with Crippen LogP contribution >= 0.6 is 0 Å². The van der Waals surface area contributed by atoms with Gasteiger partial charge in [-0.25, -0.2) is 8.42 Å². The molecule has 1 unspecified atom stereocenters. The highest BCUT2D eigenvalue weighted by molar-refractivity contribution is 7.93. The minimum atomic E-state index is -3.80. The number of carbonyl (C=O) groups is 2. The first-order valence-corrected chi connectivity index (χ1v) is 9.74. The Morgan fingerprint density at radius 2 is 1.88 bits per heavy atom. The molecular formula is C18H18N2O5S. The second-order valence-corrected chi connectivity index (χ2v) is 8.90. The van der Waals surface area contributed by atoms with E-state index in [0.29, 0.717) is 24.0 Å². The number of carboxylic acid groups (broad SMARTS) is 1. The monoisotopic (exact) mass is 374 g/mol. The van der Waals surface area contributed by atoms with Gasteiger partial charge in [0, 0.05) is 18.5 Å². The third kappa shape index (κ3) is 2.28. The maximum absolute atomic E-state index is 12.9. The van der Waals surface area contributed by atoms with Gasteiger partial charge in [-0.15, -0.1) is 0 Å². The van der Waals surface area contributed by atoms with Gasteiger partial charge in [-0.3, -0.25) is 13.9 Å². The van der Waals surface area contributed by atoms with E-state index in [1.54, 1.807) is 31.2 Å². The maximum atomic E-state index is 12.9. The number of amides is 1. The summed E-state index contributed by atoms with van der Waals surface area (Å²) in [5.74, 6) is -1.33. The number of benzene rings is 2. The van der Waals surface area contributed by atoms with Crippen molar-refractivity contribution in [1.82, 2.24) is 4.90 Å². The lowest BCUT2D eigenvalue weighted by molar-refractivity contribution is -0.147. The number of anilines is 1. The molecule has 136 valence electrons. The Hall–Kier alpha value is -2.61. The lowest BCUT2D eigenvalue weighted by Gasteiger charge is -2.24. The Morgan fingerprint density at radius 1 is 1.19 bits per heavy atom. The molecule has 26 heavy (non-hydrogen) atoms. The predicted octanol–water partition coefficient (Wildman–Crippen LogP) is 1.67. The predicted molar refractivity (Wildman–Crippen MR) is 95.4 cm³/mol. The Kier molecular flexibility index (Phi) is 3.52. The van der Waals surface area contributed by atoms with Crippen LogP contribution < -0.4 is 4.31 Å². The van der Waals surface area contributed by atoms with Crippen molar-refractivity contribution in [2.24, 2.45) is 5.41 Å². The van der Waals surface area contributed by atoms with Crippen molar-refractivity contribution in [3.8, 4) is 0 Å². The van der Waals surface area contributed by atoms with Crippen molar-refractivity contribution in [3.05, 3.63) is 36.4 Å². The molecule has 2 aromatic carbocycles. The molecule has 7 nitrogen and oxygen atoms in total. The quantitative estimate of drug-likeness (QED) is 0.882. The van der Waals surface area contributed by atoms with Crippen LogP contribution in [-0.4, -0.2) is 49.9 Å². The van der Waals surface area contributed by atoms with Gasteiger partial charge in [-0.1, -0.05) is 24.3 Å². The summed E-state index contributed by atoms with van der Waals surface area (Å²) in [7, 11) is -3.80. The molecule has 2 aliphatic heterocycles. The average Bonchev–Trinajstić information content (AvgIpc) is 3.10. The highest BCUT2D eigenvalue weighted by atomic mass is 32.2. The number of nitrogens with zero attached hydrogens (tertiary/aromatic N) is 2. The van der Waals surface area contributed by atoms with Gasteiger partial charge in [0.05, 0.1) is 16.0 Å². The van der Waals surface area contributed by atoms with Gasteiger partial charge in [0.25, 0.3) is 10.0 Å². The molecule has 4 rings (SSSR count). The number of likely N-dealkylation sites (tertiary alicyclic amines) is 1. The molecule has 0 aromatic heterocycles. The lowest BCUT2D eigenvalue weighted by Crippen LogP contribution is -2.42. The molecule has 2 aromatic rings. The fraction of sp³-hybridized carbons (Fsp3) is 0.333. The van der Waals surface area contributed by atoms with Crippen molar-refractivity contribution >= 4 is 38.4 Å². The largest absolute Gasteiger partial charge is 0.481 e. The van der Waals surface area contributed by atoms with Crippen LogP contribution in [0.25, 0.3) is 10.8 Å². The molecular weight excluding hydrogens is 356 g/mol. The Balaban J connectivity index is 1.65. The van der Waals surface area contributed by atoms with E-state index in [1.807, 2.05) is 12.1 Å². The fourth-order valence-corrected chi connectivity index (χ4v) is 5.36. The van der Waals surface area contributed by atoms with Crippen LogP contribution in [0.15, 0.2) is 41.3 Å². The van der Waals surface area contributed by atoms with Crippen LogP contribution in [0.3, 0.4) is 0 Å². The van der Waals surface area contributed by atoms with E-state index in [-0.39, 0.29) is 23.9 Å². The minimum absolute atomic E-state index is 0.0895. The molecule has 1 amide bonds. The third-order valence-electron chi connectivity index (χ3n) is 5.30. The van der Waals surface area contributed by atoms with E-state index in [2.05, 4.69) is 0 Å². The van der Waals surface area contributed by atoms with Crippen molar-refractivity contribution in [2.75, 3.05) is 23.9 Å². The van der Waals surface area contributed by atoms with Crippen molar-refractivity contribution in [3.63, 3.8) is 0 Å². The van der Waals surface area contributed by atoms with Gasteiger partial charge in [0.15, 0.2) is 0 Å². The van der Waals surface area contributed by atoms with Gasteiger partial charge in [0.1, 0.15) is 6.54 Å². The molecule has 1 atom stereocenters. The van der Waals surface area contributed by atoms with E-state index >= 15 is 0 Å².